The van der Waals surface area contributed by atoms with Gasteiger partial charge < -0.3 is 9.47 Å². The van der Waals surface area contributed by atoms with E-state index in [1.54, 1.807) is 42.5 Å². The van der Waals surface area contributed by atoms with Gasteiger partial charge in [0.2, 0.25) is 6.79 Å². The summed E-state index contributed by atoms with van der Waals surface area (Å²) in [6.45, 7) is 0.164. The van der Waals surface area contributed by atoms with Crippen molar-refractivity contribution in [1.29, 1.82) is 5.26 Å². The molecule has 0 unspecified atom stereocenters. The van der Waals surface area contributed by atoms with Crippen LogP contribution in [0.3, 0.4) is 0 Å². The molecule has 1 fully saturated rings. The van der Waals surface area contributed by atoms with Crippen molar-refractivity contribution in [3.63, 3.8) is 0 Å². The fourth-order valence-electron chi connectivity index (χ4n) is 3.11. The van der Waals surface area contributed by atoms with Crippen LogP contribution < -0.4 is 9.47 Å². The van der Waals surface area contributed by atoms with Crippen molar-refractivity contribution in [1.82, 2.24) is 0 Å². The van der Waals surface area contributed by atoms with Gasteiger partial charge in [0.05, 0.1) is 22.1 Å². The van der Waals surface area contributed by atoms with Crippen LogP contribution >= 0.6 is 0 Å². The van der Waals surface area contributed by atoms with Crippen LogP contribution in [0.2, 0.25) is 0 Å². The SMILES string of the molecule is N#C[C@@H]1[C@@H](c2ccc3c(c2)OCO3)[C@H]1S(=O)(=O)c1ccccc1. The van der Waals surface area contributed by atoms with Crippen molar-refractivity contribution < 1.29 is 17.9 Å². The van der Waals surface area contributed by atoms with E-state index < -0.39 is 21.0 Å². The summed E-state index contributed by atoms with van der Waals surface area (Å²) in [6.07, 6.45) is 0. The summed E-state index contributed by atoms with van der Waals surface area (Å²) in [7, 11) is -3.53. The summed E-state index contributed by atoms with van der Waals surface area (Å²) in [5.41, 5.74) is 0.797. The van der Waals surface area contributed by atoms with Gasteiger partial charge in [-0.15, -0.1) is 0 Å². The molecule has 1 aliphatic carbocycles. The minimum atomic E-state index is -3.53. The van der Waals surface area contributed by atoms with Crippen molar-refractivity contribution in [2.45, 2.75) is 16.1 Å². The number of sulfone groups is 1. The summed E-state index contributed by atoms with van der Waals surface area (Å²) in [6, 6.07) is 15.8. The van der Waals surface area contributed by atoms with E-state index in [0.717, 1.165) is 5.56 Å². The first-order valence-corrected chi connectivity index (χ1v) is 8.75. The lowest BCUT2D eigenvalue weighted by atomic mass is 10.1. The molecule has 1 saturated carbocycles. The molecule has 0 N–H and O–H groups in total. The lowest BCUT2D eigenvalue weighted by Crippen LogP contribution is -2.10. The number of rotatable bonds is 3. The number of ether oxygens (including phenoxy) is 2. The summed E-state index contributed by atoms with van der Waals surface area (Å²) >= 11 is 0. The summed E-state index contributed by atoms with van der Waals surface area (Å²) in [5, 5.41) is 8.63. The Labute approximate surface area is 134 Å². The van der Waals surface area contributed by atoms with Gasteiger partial charge >= 0.3 is 0 Å². The first-order chi connectivity index (χ1) is 11.1. The van der Waals surface area contributed by atoms with Gasteiger partial charge in [-0.3, -0.25) is 0 Å². The van der Waals surface area contributed by atoms with Crippen molar-refractivity contribution in [2.24, 2.45) is 5.92 Å². The molecule has 0 bridgehead atoms. The topological polar surface area (TPSA) is 76.4 Å². The number of nitriles is 1. The van der Waals surface area contributed by atoms with Crippen LogP contribution in [0.1, 0.15) is 11.5 Å². The largest absolute Gasteiger partial charge is 0.454 e. The Balaban J connectivity index is 1.70. The van der Waals surface area contributed by atoms with Gasteiger partial charge in [0.25, 0.3) is 0 Å². The highest BCUT2D eigenvalue weighted by atomic mass is 32.2. The number of hydrogen-bond donors (Lipinski definition) is 0. The Bertz CT molecular complexity index is 902. The van der Waals surface area contributed by atoms with E-state index >= 15 is 0 Å². The second kappa shape index (κ2) is 5.00. The second-order valence-corrected chi connectivity index (χ2v) is 7.72. The average molecular weight is 327 g/mol. The van der Waals surface area contributed by atoms with Gasteiger partial charge in [-0.2, -0.15) is 5.26 Å². The van der Waals surface area contributed by atoms with E-state index in [-0.39, 0.29) is 17.6 Å². The Hall–Kier alpha value is -2.52. The summed E-state index contributed by atoms with van der Waals surface area (Å²) in [5.74, 6) is 0.368. The standard InChI is InChI=1S/C17H13NO4S/c18-9-13-16(11-6-7-14-15(8-11)22-10-21-14)17(13)23(19,20)12-4-2-1-3-5-12/h1-8,13,16-17H,10H2/t13-,16-,17+/m1/s1. The Morgan fingerprint density at radius 3 is 2.52 bits per heavy atom. The van der Waals surface area contributed by atoms with Crippen LogP contribution in [-0.2, 0) is 9.84 Å². The molecule has 0 spiro atoms. The molecule has 2 aromatic carbocycles. The molecule has 116 valence electrons. The third-order valence-corrected chi connectivity index (χ3v) is 6.55. The highest BCUT2D eigenvalue weighted by Crippen LogP contribution is 2.54. The Kier molecular flexibility index (Phi) is 3.06. The van der Waals surface area contributed by atoms with Crippen LogP contribution in [0, 0.1) is 17.2 Å². The van der Waals surface area contributed by atoms with E-state index in [1.807, 2.05) is 6.07 Å². The highest BCUT2D eigenvalue weighted by Gasteiger charge is 2.59. The van der Waals surface area contributed by atoms with E-state index in [1.165, 1.54) is 0 Å². The minimum absolute atomic E-state index is 0.164. The first kappa shape index (κ1) is 14.1. The minimum Gasteiger partial charge on any atom is -0.454 e. The van der Waals surface area contributed by atoms with Gasteiger partial charge in [0, 0.05) is 5.92 Å². The molecule has 1 aliphatic heterocycles. The molecule has 6 heteroatoms. The maximum Gasteiger partial charge on any atom is 0.231 e. The molecule has 5 nitrogen and oxygen atoms in total. The van der Waals surface area contributed by atoms with Crippen LogP contribution in [0.4, 0.5) is 0 Å². The van der Waals surface area contributed by atoms with E-state index in [9.17, 15) is 13.7 Å². The van der Waals surface area contributed by atoms with E-state index in [4.69, 9.17) is 9.47 Å². The van der Waals surface area contributed by atoms with Crippen LogP contribution in [-0.4, -0.2) is 20.5 Å². The fraction of sp³-hybridized carbons (Fsp3) is 0.235. The van der Waals surface area contributed by atoms with E-state index in [0.29, 0.717) is 11.5 Å². The quantitative estimate of drug-likeness (QED) is 0.865. The summed E-state index contributed by atoms with van der Waals surface area (Å²) < 4.78 is 36.1. The second-order valence-electron chi connectivity index (χ2n) is 5.62. The van der Waals surface area contributed by atoms with Crippen LogP contribution in [0.5, 0.6) is 11.5 Å². The lowest BCUT2D eigenvalue weighted by Gasteiger charge is -2.04. The third-order valence-electron chi connectivity index (χ3n) is 4.31. The molecule has 1 heterocycles. The number of nitrogens with zero attached hydrogens (tertiary/aromatic N) is 1. The lowest BCUT2D eigenvalue weighted by molar-refractivity contribution is 0.174. The Morgan fingerprint density at radius 2 is 1.78 bits per heavy atom. The normalized spacial score (nSPS) is 24.9. The average Bonchev–Trinajstić information content (AvgIpc) is 3.15. The van der Waals surface area contributed by atoms with Gasteiger partial charge in [-0.25, -0.2) is 8.42 Å². The first-order valence-electron chi connectivity index (χ1n) is 7.21. The zero-order valence-corrected chi connectivity index (χ0v) is 12.9. The highest BCUT2D eigenvalue weighted by molar-refractivity contribution is 7.92. The van der Waals surface area contributed by atoms with Gasteiger partial charge in [-0.05, 0) is 29.8 Å². The van der Waals surface area contributed by atoms with Crippen molar-refractivity contribution in [3.8, 4) is 17.6 Å². The molecule has 3 atom stereocenters. The predicted octanol–water partition coefficient (Wildman–Crippen LogP) is 2.49. The Morgan fingerprint density at radius 1 is 1.04 bits per heavy atom. The van der Waals surface area contributed by atoms with Crippen molar-refractivity contribution in [2.75, 3.05) is 6.79 Å². The molecule has 2 aromatic rings. The maximum atomic E-state index is 12.8. The molecule has 0 aromatic heterocycles. The smallest absolute Gasteiger partial charge is 0.231 e. The predicted molar refractivity (Wildman–Crippen MR) is 81.8 cm³/mol. The number of hydrogen-bond acceptors (Lipinski definition) is 5. The molecule has 23 heavy (non-hydrogen) atoms. The van der Waals surface area contributed by atoms with Crippen molar-refractivity contribution in [3.05, 3.63) is 54.1 Å². The van der Waals surface area contributed by atoms with Gasteiger partial charge in [-0.1, -0.05) is 24.3 Å². The molecule has 0 saturated heterocycles. The van der Waals surface area contributed by atoms with E-state index in [2.05, 4.69) is 6.07 Å². The number of fused-ring (bicyclic) bond motifs is 1. The fourth-order valence-corrected chi connectivity index (χ4v) is 5.20. The van der Waals surface area contributed by atoms with Crippen LogP contribution in [0.25, 0.3) is 0 Å². The summed E-state index contributed by atoms with van der Waals surface area (Å²) in [4.78, 5) is 0.258. The molecular weight excluding hydrogens is 314 g/mol. The molecule has 0 radical (unpaired) electrons. The monoisotopic (exact) mass is 327 g/mol. The zero-order valence-electron chi connectivity index (χ0n) is 12.0. The van der Waals surface area contributed by atoms with Gasteiger partial charge in [0.1, 0.15) is 0 Å². The van der Waals surface area contributed by atoms with Crippen molar-refractivity contribution >= 4 is 9.84 Å². The molecule has 0 amide bonds. The zero-order chi connectivity index (χ0) is 16.0. The number of benzene rings is 2. The van der Waals surface area contributed by atoms with Gasteiger partial charge in [0.15, 0.2) is 21.3 Å². The third kappa shape index (κ3) is 2.16. The molecule has 2 aliphatic rings. The molecular formula is C17H13NO4S. The molecule has 4 rings (SSSR count). The van der Waals surface area contributed by atoms with Crippen LogP contribution in [0.15, 0.2) is 53.4 Å². The maximum absolute atomic E-state index is 12.8.